The van der Waals surface area contributed by atoms with Gasteiger partial charge in [0.1, 0.15) is 6.04 Å². The van der Waals surface area contributed by atoms with Crippen LogP contribution in [0.5, 0.6) is 0 Å². The summed E-state index contributed by atoms with van der Waals surface area (Å²) in [4.78, 5) is 26.8. The molecule has 0 aromatic heterocycles. The molecular formula is C8H13N5O2. The summed E-state index contributed by atoms with van der Waals surface area (Å²) in [6, 6.07) is -0.816. The summed E-state index contributed by atoms with van der Waals surface area (Å²) in [7, 11) is 1.52. The molecule has 1 heterocycles. The minimum Gasteiger partial charge on any atom is -0.357 e. The van der Waals surface area contributed by atoms with Gasteiger partial charge in [-0.1, -0.05) is 5.11 Å². The zero-order valence-corrected chi connectivity index (χ0v) is 8.67. The SMILES string of the molecule is CNC(=O)[C@@H]1C[C@@H](N=[N+]=[N-])CN1C(C)=O. The summed E-state index contributed by atoms with van der Waals surface area (Å²) in [5, 5.41) is 6.02. The molecule has 7 nitrogen and oxygen atoms in total. The second kappa shape index (κ2) is 4.65. The Labute approximate surface area is 87.1 Å². The first kappa shape index (κ1) is 11.3. The average molecular weight is 211 g/mol. The number of rotatable bonds is 2. The quantitative estimate of drug-likeness (QED) is 0.396. The third kappa shape index (κ3) is 2.38. The molecule has 0 spiro atoms. The fourth-order valence-electron chi connectivity index (χ4n) is 1.73. The van der Waals surface area contributed by atoms with E-state index in [2.05, 4.69) is 15.3 Å². The molecule has 0 aromatic carbocycles. The van der Waals surface area contributed by atoms with E-state index in [1.807, 2.05) is 0 Å². The molecule has 0 unspecified atom stereocenters. The molecule has 1 aliphatic rings. The molecule has 7 heteroatoms. The van der Waals surface area contributed by atoms with Crippen LogP contribution in [0.1, 0.15) is 13.3 Å². The van der Waals surface area contributed by atoms with Crippen LogP contribution in [0.4, 0.5) is 0 Å². The molecule has 1 aliphatic heterocycles. The molecule has 0 radical (unpaired) electrons. The van der Waals surface area contributed by atoms with E-state index in [0.29, 0.717) is 13.0 Å². The summed E-state index contributed by atoms with van der Waals surface area (Å²) in [6.07, 6.45) is 0.392. The normalized spacial score (nSPS) is 24.5. The Morgan fingerprint density at radius 2 is 2.27 bits per heavy atom. The van der Waals surface area contributed by atoms with Crippen molar-refractivity contribution in [2.45, 2.75) is 25.4 Å². The lowest BCUT2D eigenvalue weighted by Gasteiger charge is -2.21. The highest BCUT2D eigenvalue weighted by atomic mass is 16.2. The number of nitrogens with zero attached hydrogens (tertiary/aromatic N) is 4. The average Bonchev–Trinajstić information content (AvgIpc) is 2.61. The summed E-state index contributed by atoms with van der Waals surface area (Å²) in [5.41, 5.74) is 8.29. The molecule has 1 saturated heterocycles. The largest absolute Gasteiger partial charge is 0.357 e. The Hall–Kier alpha value is -1.75. The number of azide groups is 1. The standard InChI is InChI=1S/C8H13N5O2/c1-5(14)13-4-6(11-12-9)3-7(13)8(15)10-2/h6-7H,3-4H2,1-2H3,(H,10,15)/t6-,7+/m1/s1. The number of hydrogen-bond donors (Lipinski definition) is 1. The van der Waals surface area contributed by atoms with Crippen molar-refractivity contribution < 1.29 is 9.59 Å². The Balaban J connectivity index is 2.80. The first-order valence-electron chi connectivity index (χ1n) is 4.63. The Morgan fingerprint density at radius 1 is 1.60 bits per heavy atom. The zero-order valence-electron chi connectivity index (χ0n) is 8.67. The van der Waals surface area contributed by atoms with Crippen molar-refractivity contribution in [1.29, 1.82) is 0 Å². The number of likely N-dealkylation sites (tertiary alicyclic amines) is 1. The molecule has 0 bridgehead atoms. The van der Waals surface area contributed by atoms with Crippen molar-refractivity contribution in [3.63, 3.8) is 0 Å². The van der Waals surface area contributed by atoms with Gasteiger partial charge in [-0.2, -0.15) is 0 Å². The van der Waals surface area contributed by atoms with Crippen molar-refractivity contribution in [3.05, 3.63) is 10.4 Å². The molecule has 15 heavy (non-hydrogen) atoms. The smallest absolute Gasteiger partial charge is 0.242 e. The van der Waals surface area contributed by atoms with Crippen LogP contribution in [0.3, 0.4) is 0 Å². The van der Waals surface area contributed by atoms with E-state index in [1.165, 1.54) is 18.9 Å². The lowest BCUT2D eigenvalue weighted by atomic mass is 10.1. The number of carbonyl (C=O) groups is 2. The fraction of sp³-hybridized carbons (Fsp3) is 0.750. The fourth-order valence-corrected chi connectivity index (χ4v) is 1.73. The van der Waals surface area contributed by atoms with Gasteiger partial charge in [0.2, 0.25) is 11.8 Å². The van der Waals surface area contributed by atoms with E-state index in [-0.39, 0.29) is 17.9 Å². The van der Waals surface area contributed by atoms with Gasteiger partial charge < -0.3 is 10.2 Å². The van der Waals surface area contributed by atoms with E-state index < -0.39 is 6.04 Å². The summed E-state index contributed by atoms with van der Waals surface area (Å²) in [5.74, 6) is -0.403. The molecule has 1 rings (SSSR count). The van der Waals surface area contributed by atoms with E-state index in [4.69, 9.17) is 5.53 Å². The predicted octanol–water partition coefficient (Wildman–Crippen LogP) is 0.0321. The molecule has 2 amide bonds. The molecule has 0 aromatic rings. The van der Waals surface area contributed by atoms with Gasteiger partial charge in [-0.25, -0.2) is 0 Å². The van der Waals surface area contributed by atoms with Crippen LogP contribution in [-0.2, 0) is 9.59 Å². The number of hydrogen-bond acceptors (Lipinski definition) is 3. The van der Waals surface area contributed by atoms with Crippen LogP contribution >= 0.6 is 0 Å². The lowest BCUT2D eigenvalue weighted by molar-refractivity contribution is -0.136. The van der Waals surface area contributed by atoms with E-state index in [0.717, 1.165) is 0 Å². The third-order valence-corrected chi connectivity index (χ3v) is 2.45. The first-order valence-corrected chi connectivity index (χ1v) is 4.63. The minimum absolute atomic E-state index is 0.181. The topological polar surface area (TPSA) is 98.2 Å². The molecule has 0 saturated carbocycles. The van der Waals surface area contributed by atoms with Gasteiger partial charge in [-0.3, -0.25) is 9.59 Å². The number of likely N-dealkylation sites (N-methyl/N-ethyl adjacent to an activating group) is 1. The maximum atomic E-state index is 11.4. The van der Waals surface area contributed by atoms with Crippen molar-refractivity contribution in [3.8, 4) is 0 Å². The molecular weight excluding hydrogens is 198 g/mol. The maximum absolute atomic E-state index is 11.4. The third-order valence-electron chi connectivity index (χ3n) is 2.45. The lowest BCUT2D eigenvalue weighted by Crippen LogP contribution is -2.43. The van der Waals surface area contributed by atoms with Crippen molar-refractivity contribution >= 4 is 11.8 Å². The number of nitrogens with one attached hydrogen (secondary N) is 1. The predicted molar refractivity (Wildman–Crippen MR) is 52.8 cm³/mol. The second-order valence-corrected chi connectivity index (χ2v) is 3.40. The number of carbonyl (C=O) groups excluding carboxylic acids is 2. The molecule has 1 N–H and O–H groups in total. The van der Waals surface area contributed by atoms with Crippen LogP contribution in [-0.4, -0.2) is 42.4 Å². The van der Waals surface area contributed by atoms with Crippen LogP contribution in [0.15, 0.2) is 5.11 Å². The maximum Gasteiger partial charge on any atom is 0.242 e. The molecule has 1 fully saturated rings. The zero-order chi connectivity index (χ0) is 11.4. The monoisotopic (exact) mass is 211 g/mol. The number of amides is 2. The summed E-state index contributed by atoms with van der Waals surface area (Å²) in [6.45, 7) is 1.71. The van der Waals surface area contributed by atoms with Gasteiger partial charge in [0.15, 0.2) is 0 Å². The molecule has 82 valence electrons. The highest BCUT2D eigenvalue weighted by molar-refractivity contribution is 5.87. The van der Waals surface area contributed by atoms with Gasteiger partial charge in [0.05, 0.1) is 6.04 Å². The van der Waals surface area contributed by atoms with E-state index in [9.17, 15) is 9.59 Å². The van der Waals surface area contributed by atoms with Crippen molar-refractivity contribution in [2.75, 3.05) is 13.6 Å². The highest BCUT2D eigenvalue weighted by Gasteiger charge is 2.37. The summed E-state index contributed by atoms with van der Waals surface area (Å²) >= 11 is 0. The van der Waals surface area contributed by atoms with E-state index >= 15 is 0 Å². The second-order valence-electron chi connectivity index (χ2n) is 3.40. The highest BCUT2D eigenvalue weighted by Crippen LogP contribution is 2.20. The van der Waals surface area contributed by atoms with Crippen molar-refractivity contribution in [2.24, 2.45) is 5.11 Å². The Morgan fingerprint density at radius 3 is 2.73 bits per heavy atom. The first-order chi connectivity index (χ1) is 7.10. The summed E-state index contributed by atoms with van der Waals surface area (Å²) < 4.78 is 0. The van der Waals surface area contributed by atoms with E-state index in [1.54, 1.807) is 0 Å². The van der Waals surface area contributed by atoms with Crippen LogP contribution < -0.4 is 5.32 Å². The van der Waals surface area contributed by atoms with Gasteiger partial charge >= 0.3 is 0 Å². The molecule has 2 atom stereocenters. The molecule has 0 aliphatic carbocycles. The van der Waals surface area contributed by atoms with Crippen LogP contribution in [0.2, 0.25) is 0 Å². The minimum atomic E-state index is -0.511. The Kier molecular flexibility index (Phi) is 3.51. The van der Waals surface area contributed by atoms with Gasteiger partial charge in [-0.15, -0.1) is 0 Å². The van der Waals surface area contributed by atoms with Crippen LogP contribution in [0, 0.1) is 0 Å². The van der Waals surface area contributed by atoms with Gasteiger partial charge in [0, 0.05) is 25.4 Å². The van der Waals surface area contributed by atoms with Gasteiger partial charge in [0.25, 0.3) is 0 Å². The van der Waals surface area contributed by atoms with Gasteiger partial charge in [-0.05, 0) is 12.0 Å². The van der Waals surface area contributed by atoms with Crippen LogP contribution in [0.25, 0.3) is 10.4 Å². The Bertz CT molecular complexity index is 323. The van der Waals surface area contributed by atoms with Crippen molar-refractivity contribution in [1.82, 2.24) is 10.2 Å².